The molecular formula is C103H108Cl2FN41O2. The third-order valence-electron chi connectivity index (χ3n) is 24.8. The first kappa shape index (κ1) is 101. The van der Waals surface area contributed by atoms with Crippen molar-refractivity contribution in [1.29, 1.82) is 0 Å². The quantitative estimate of drug-likeness (QED) is 0.0269. The van der Waals surface area contributed by atoms with E-state index in [1.807, 2.05) is 182 Å². The zero-order chi connectivity index (χ0) is 104. The Morgan fingerprint density at radius 1 is 0.443 bits per heavy atom. The molecule has 0 spiro atoms. The van der Waals surface area contributed by atoms with Gasteiger partial charge in [0.2, 0.25) is 57.4 Å². The monoisotopic (exact) mass is 2040 g/mol. The number of fused-ring (bicyclic) bond motifs is 9. The molecule has 23 aromatic rings. The van der Waals surface area contributed by atoms with Gasteiger partial charge < -0.3 is 67.0 Å². The summed E-state index contributed by atoms with van der Waals surface area (Å²) in [7, 11) is 8.97. The second-order valence-corrected chi connectivity index (χ2v) is 35.4. The van der Waals surface area contributed by atoms with Gasteiger partial charge in [0, 0.05) is 193 Å². The van der Waals surface area contributed by atoms with E-state index in [-0.39, 0.29) is 17.5 Å². The van der Waals surface area contributed by atoms with Crippen LogP contribution in [0.3, 0.4) is 0 Å². The first-order chi connectivity index (χ1) is 72.6. The van der Waals surface area contributed by atoms with Crippen molar-refractivity contribution in [2.75, 3.05) is 114 Å². The Hall–Kier alpha value is -18.5. The van der Waals surface area contributed by atoms with Gasteiger partial charge in [-0.1, -0.05) is 125 Å². The number of halogens is 3. The lowest BCUT2D eigenvalue weighted by atomic mass is 10.0. The van der Waals surface area contributed by atoms with Crippen molar-refractivity contribution < 1.29 is 9.13 Å². The van der Waals surface area contributed by atoms with Crippen LogP contribution in [0.5, 0.6) is 5.75 Å². The lowest BCUT2D eigenvalue weighted by molar-refractivity contribution is 0.395. The molecule has 1 fully saturated rings. The number of benzene rings is 7. The van der Waals surface area contributed by atoms with Crippen LogP contribution in [0.4, 0.5) is 74.3 Å². The molecule has 0 unspecified atom stereocenters. The average Bonchev–Trinajstić information content (AvgIpc) is 1.64. The molecule has 0 saturated carbocycles. The van der Waals surface area contributed by atoms with Crippen molar-refractivity contribution in [2.45, 2.75) is 93.3 Å². The van der Waals surface area contributed by atoms with E-state index in [2.05, 4.69) is 257 Å². The van der Waals surface area contributed by atoms with Crippen molar-refractivity contribution >= 4 is 155 Å². The number of aromatic amines is 2. The third-order valence-corrected chi connectivity index (χ3v) is 25.2. The van der Waals surface area contributed by atoms with Gasteiger partial charge in [0.05, 0.1) is 23.8 Å². The van der Waals surface area contributed by atoms with E-state index >= 15 is 0 Å². The number of nitrogens with zero attached hydrogens (tertiary/aromatic N) is 31. The number of aromatic nitrogens is 31. The van der Waals surface area contributed by atoms with Gasteiger partial charge in [-0.2, -0.15) is 0 Å². The molecule has 1 aliphatic rings. The molecule has 0 aliphatic carbocycles. The number of imidazole rings is 1. The van der Waals surface area contributed by atoms with Gasteiger partial charge >= 0.3 is 5.69 Å². The van der Waals surface area contributed by atoms with E-state index in [1.54, 1.807) is 87.3 Å². The van der Waals surface area contributed by atoms with Crippen LogP contribution < -0.4 is 62.8 Å². The number of rotatable bonds is 24. The molecule has 10 N–H and O–H groups in total. The van der Waals surface area contributed by atoms with E-state index in [4.69, 9.17) is 27.9 Å². The number of ether oxygens (including phenoxy) is 1. The fraction of sp³-hybridized carbons (Fsp3) is 0.223. The summed E-state index contributed by atoms with van der Waals surface area (Å²) in [5.74, 6) is 11.0. The molecule has 16 aromatic heterocycles. The van der Waals surface area contributed by atoms with E-state index in [1.165, 1.54) is 56.4 Å². The number of piperidine rings is 1. The van der Waals surface area contributed by atoms with Gasteiger partial charge in [0.1, 0.15) is 34.9 Å². The van der Waals surface area contributed by atoms with Crippen LogP contribution in [0.1, 0.15) is 81.1 Å². The number of para-hydroxylation sites is 3. The molecular weight excluding hydrogens is 1930 g/mol. The number of hydrogen-bond acceptors (Lipinski definition) is 33. The molecule has 1 aliphatic heterocycles. The molecule has 149 heavy (non-hydrogen) atoms. The SMILES string of the molecule is CNc1nnc2c(N(C)c3ccc(Cl)cc3)nccn12.CNc1nnc2c(NCCc3c[nH]c4c(C)cccc34)nccn12.CNc1nnc2c(NCc3cccc(F)c3)nccn12.COc1ccccc1Nc1nccn2c(C)nnc12.Cc1ccc(CCNc2nccn3c(C)nnc23)cc1.Cc1ccc(CNc2nccn3c(C)nnc23)cc1.Cc1nnc2c(N3CCC(n4c(=O)[nH]c5cc(Cl)ccc54)CC3)nccn12. The summed E-state index contributed by atoms with van der Waals surface area (Å²) >= 11 is 12.0. The highest BCUT2D eigenvalue weighted by Gasteiger charge is 2.28. The second-order valence-electron chi connectivity index (χ2n) is 34.6. The molecule has 1 saturated heterocycles. The van der Waals surface area contributed by atoms with E-state index in [0.717, 1.165) is 167 Å². The van der Waals surface area contributed by atoms with Gasteiger partial charge in [-0.3, -0.25) is 35.4 Å². The lowest BCUT2D eigenvalue weighted by Gasteiger charge is -2.33. The van der Waals surface area contributed by atoms with Crippen molar-refractivity contribution in [3.63, 3.8) is 0 Å². The standard InChI is InChI=1S/C18H18ClN7O.C17H19N7.C15H17N5.C14H15N5.C13H13ClN6.C13H13FN6.C13H13N5O/c1-11-22-23-17-16(20-6-9-25(11)17)24-7-4-13(5-8-24)26-15-3-2-12(19)10-14(15)21-18(26)27;1-11-4-3-5-13-12(10-21-14(11)13)6-7-19-15-16-22-23-17(18-2)24(16)9-8-20-15;1-11-3-5-13(6-4-11)7-8-16-14-15-19-18-12(2)20(15)10-9-17-14;1-10-3-5-12(6-4-10)9-16-13-14-18-17-11(2)19(14)8-7-15-13;1-15-13-18-17-12-11(16-7-8-20(12)13)19(2)10-5-3-9(14)4-6-10;1-15-13-19-18-12-11(16-5-6-20(12)13)17-8-9-3-2-4-10(14)7-9;1-9-16-17-13-12(14-7-8-18(9)13)15-10-5-3-4-6-11(10)19-2/h2-3,6,9-10,13H,4-5,7-8H2,1H3,(H,21,27);3-5,8-10,21H,6-7H2,1-2H3,(H,18,23)(H,19,20);3-6,9-10H,7-8H2,1-2H3,(H,16,17);3-8H,9H2,1-2H3,(H,15,16);3-8H,1-2H3,(H,15,18);2-7H,8H2,1H3,(H,15,19)(H,16,17);3-8H,1-2H3,(H,14,15). The number of methoxy groups -OCH3 is 1. The molecule has 43 nitrogen and oxygen atoms in total. The lowest BCUT2D eigenvalue weighted by Crippen LogP contribution is -2.37. The van der Waals surface area contributed by atoms with Crippen LogP contribution in [0.15, 0.2) is 255 Å². The van der Waals surface area contributed by atoms with E-state index in [9.17, 15) is 9.18 Å². The molecule has 24 rings (SSSR count). The Kier molecular flexibility index (Phi) is 31.4. The Morgan fingerprint density at radius 2 is 0.906 bits per heavy atom. The summed E-state index contributed by atoms with van der Waals surface area (Å²) < 4.78 is 33.5. The molecule has 46 heteroatoms. The van der Waals surface area contributed by atoms with Crippen molar-refractivity contribution in [3.8, 4) is 5.75 Å². The van der Waals surface area contributed by atoms with Crippen molar-refractivity contribution in [1.82, 2.24) is 152 Å². The number of nitrogens with one attached hydrogen (secondary N) is 10. The van der Waals surface area contributed by atoms with Crippen LogP contribution >= 0.6 is 23.2 Å². The number of aryl methyl sites for hydroxylation is 7. The molecule has 0 atom stereocenters. The topological polar surface area (TPSA) is 467 Å². The Bertz CT molecular complexity index is 8580. The number of H-pyrrole nitrogens is 2. The van der Waals surface area contributed by atoms with E-state index in [0.29, 0.717) is 63.0 Å². The van der Waals surface area contributed by atoms with Crippen LogP contribution in [-0.4, -0.2) is 213 Å². The summed E-state index contributed by atoms with van der Waals surface area (Å²) in [5, 5.41) is 85.5. The zero-order valence-electron chi connectivity index (χ0n) is 83.6. The highest BCUT2D eigenvalue weighted by molar-refractivity contribution is 6.31. The molecule has 0 amide bonds. The van der Waals surface area contributed by atoms with Crippen LogP contribution in [0, 0.1) is 54.3 Å². The summed E-state index contributed by atoms with van der Waals surface area (Å²) in [5.41, 5.74) is 18.1. The maximum Gasteiger partial charge on any atom is 0.326 e. The normalized spacial score (nSPS) is 11.8. The Labute approximate surface area is 862 Å². The highest BCUT2D eigenvalue weighted by atomic mass is 35.5. The highest BCUT2D eigenvalue weighted by Crippen LogP contribution is 2.34. The maximum absolute atomic E-state index is 13.1. The predicted octanol–water partition coefficient (Wildman–Crippen LogP) is 16.6. The van der Waals surface area contributed by atoms with Crippen LogP contribution in [0.25, 0.3) is 61.5 Å². The number of hydrogen-bond donors (Lipinski definition) is 10. The molecule has 17 heterocycles. The molecule has 758 valence electrons. The first-order valence-corrected chi connectivity index (χ1v) is 48.6. The van der Waals surface area contributed by atoms with Gasteiger partial charge in [-0.05, 0) is 169 Å². The minimum absolute atomic E-state index is 0.0842. The Morgan fingerprint density at radius 3 is 1.47 bits per heavy atom. The zero-order valence-corrected chi connectivity index (χ0v) is 85.1. The predicted molar refractivity (Wildman–Crippen MR) is 578 cm³/mol. The summed E-state index contributed by atoms with van der Waals surface area (Å²) in [4.78, 5) is 53.4. The van der Waals surface area contributed by atoms with E-state index < -0.39 is 0 Å². The fourth-order valence-corrected chi connectivity index (χ4v) is 17.2. The second kappa shape index (κ2) is 46.5. The first-order valence-electron chi connectivity index (χ1n) is 47.8. The minimum Gasteiger partial charge on any atom is -0.495 e. The maximum atomic E-state index is 13.1. The van der Waals surface area contributed by atoms with Gasteiger partial charge in [-0.15, -0.1) is 71.4 Å². The molecule has 0 bridgehead atoms. The summed E-state index contributed by atoms with van der Waals surface area (Å²) in [6, 6.07) is 50.7. The number of anilines is 12. The van der Waals surface area contributed by atoms with Crippen molar-refractivity contribution in [2.24, 2.45) is 0 Å². The largest absolute Gasteiger partial charge is 0.495 e. The van der Waals surface area contributed by atoms with Gasteiger partial charge in [0.25, 0.3) is 0 Å². The molecule has 0 radical (unpaired) electrons. The van der Waals surface area contributed by atoms with Gasteiger partial charge in [0.15, 0.2) is 40.7 Å². The van der Waals surface area contributed by atoms with Crippen LogP contribution in [0.2, 0.25) is 10.0 Å². The smallest absolute Gasteiger partial charge is 0.326 e. The van der Waals surface area contributed by atoms with Crippen LogP contribution in [-0.2, 0) is 25.9 Å². The summed E-state index contributed by atoms with van der Waals surface area (Å²) in [6.07, 6.45) is 30.6. The van der Waals surface area contributed by atoms with Gasteiger partial charge in [-0.25, -0.2) is 44.1 Å². The average molecular weight is 2040 g/mol. The minimum atomic E-state index is -0.254. The third kappa shape index (κ3) is 23.2. The summed E-state index contributed by atoms with van der Waals surface area (Å²) in [6.45, 7) is 18.3. The molecule has 7 aromatic carbocycles. The van der Waals surface area contributed by atoms with Crippen molar-refractivity contribution in [3.05, 3.63) is 339 Å². The fourth-order valence-electron chi connectivity index (χ4n) is 16.9. The Balaban J connectivity index is 0.000000114.